The molecule has 0 aromatic heterocycles. The molecule has 1 aliphatic rings. The van der Waals surface area contributed by atoms with Crippen molar-refractivity contribution in [1.29, 1.82) is 0 Å². The minimum atomic E-state index is -0.349. The summed E-state index contributed by atoms with van der Waals surface area (Å²) in [5, 5.41) is 2.77. The van der Waals surface area contributed by atoms with E-state index in [0.717, 1.165) is 25.5 Å². The van der Waals surface area contributed by atoms with Crippen LogP contribution in [0.1, 0.15) is 31.2 Å². The molecular weight excluding hydrogens is 280 g/mol. The van der Waals surface area contributed by atoms with Crippen LogP contribution in [0.15, 0.2) is 30.3 Å². The van der Waals surface area contributed by atoms with Crippen LogP contribution in [0.3, 0.4) is 0 Å². The number of likely N-dealkylation sites (tertiary alicyclic amines) is 1. The monoisotopic (exact) mass is 302 g/mol. The highest BCUT2D eigenvalue weighted by Crippen LogP contribution is 2.16. The first-order valence-corrected chi connectivity index (χ1v) is 7.76. The first-order chi connectivity index (χ1) is 10.7. The number of hydrogen-bond donors (Lipinski definition) is 1. The Morgan fingerprint density at radius 1 is 1.27 bits per heavy atom. The molecule has 118 valence electrons. The molecule has 1 aliphatic heterocycles. The van der Waals surface area contributed by atoms with Gasteiger partial charge in [-0.15, -0.1) is 0 Å². The minimum Gasteiger partial charge on any atom is -0.356 e. The summed E-state index contributed by atoms with van der Waals surface area (Å²) in [5.41, 5.74) is 1.23. The van der Waals surface area contributed by atoms with Gasteiger partial charge < -0.3 is 15.0 Å². The third-order valence-electron chi connectivity index (χ3n) is 3.90. The molecule has 1 heterocycles. The molecule has 0 spiro atoms. The molecule has 1 N–H and O–H groups in total. The maximum atomic E-state index is 12.0. The molecule has 5 nitrogen and oxygen atoms in total. The second kappa shape index (κ2) is 8.32. The van der Waals surface area contributed by atoms with Crippen LogP contribution in [0.25, 0.3) is 0 Å². The molecule has 0 unspecified atom stereocenters. The number of nitrogens with zero attached hydrogens (tertiary/aromatic N) is 1. The van der Waals surface area contributed by atoms with Gasteiger partial charge in [-0.25, -0.2) is 0 Å². The van der Waals surface area contributed by atoms with E-state index in [-0.39, 0.29) is 24.3 Å². The lowest BCUT2D eigenvalue weighted by atomic mass is 10.1. The summed E-state index contributed by atoms with van der Waals surface area (Å²) in [6, 6.07) is 9.72. The quantitative estimate of drug-likeness (QED) is 0.469. The minimum absolute atomic E-state index is 0.171. The standard InChI is InChI=1S/C17H22N2O3/c20-13-15-9-5-11-19(15)17(22)12-16(21)18-10-4-8-14-6-2-1-3-7-14/h1-3,6-7,13,15H,4-5,8-12H2,(H,18,21)/t15-/m0/s1. The fourth-order valence-electron chi connectivity index (χ4n) is 2.71. The summed E-state index contributed by atoms with van der Waals surface area (Å²) < 4.78 is 0. The Balaban J connectivity index is 1.65. The van der Waals surface area contributed by atoms with Gasteiger partial charge in [0.05, 0.1) is 6.04 Å². The second-order valence-electron chi connectivity index (χ2n) is 5.55. The number of aldehydes is 1. The largest absolute Gasteiger partial charge is 0.356 e. The Kier molecular flexibility index (Phi) is 6.13. The molecule has 1 aromatic carbocycles. The Morgan fingerprint density at radius 3 is 2.77 bits per heavy atom. The summed E-state index contributed by atoms with van der Waals surface area (Å²) in [4.78, 5) is 36.1. The zero-order valence-electron chi connectivity index (χ0n) is 12.7. The zero-order valence-corrected chi connectivity index (χ0v) is 12.7. The number of hydrogen-bond acceptors (Lipinski definition) is 3. The molecule has 2 amide bonds. The van der Waals surface area contributed by atoms with Crippen LogP contribution < -0.4 is 5.32 Å². The Labute approximate surface area is 130 Å². The predicted octanol–water partition coefficient (Wildman–Crippen LogP) is 1.32. The first-order valence-electron chi connectivity index (χ1n) is 7.76. The molecule has 0 bridgehead atoms. The van der Waals surface area contributed by atoms with Gasteiger partial charge in [0.15, 0.2) is 0 Å². The third kappa shape index (κ3) is 4.69. The van der Waals surface area contributed by atoms with Crippen LogP contribution in [-0.4, -0.2) is 42.1 Å². The van der Waals surface area contributed by atoms with Crippen molar-refractivity contribution in [3.8, 4) is 0 Å². The Bertz CT molecular complexity index is 516. The van der Waals surface area contributed by atoms with Crippen LogP contribution in [0.2, 0.25) is 0 Å². The molecule has 0 aliphatic carbocycles. The summed E-state index contributed by atoms with van der Waals surface area (Å²) in [6.07, 6.45) is 3.89. The van der Waals surface area contributed by atoms with Gasteiger partial charge in [0.1, 0.15) is 12.7 Å². The highest BCUT2D eigenvalue weighted by Gasteiger charge is 2.28. The van der Waals surface area contributed by atoms with Crippen molar-refractivity contribution < 1.29 is 14.4 Å². The maximum Gasteiger partial charge on any atom is 0.232 e. The average Bonchev–Trinajstić information content (AvgIpc) is 3.01. The van der Waals surface area contributed by atoms with Crippen molar-refractivity contribution in [3.63, 3.8) is 0 Å². The zero-order chi connectivity index (χ0) is 15.8. The molecule has 22 heavy (non-hydrogen) atoms. The normalized spacial score (nSPS) is 17.3. The summed E-state index contributed by atoms with van der Waals surface area (Å²) in [5.74, 6) is -0.523. The average molecular weight is 302 g/mol. The number of amides is 2. The molecule has 5 heteroatoms. The SMILES string of the molecule is O=C[C@@H]1CCCN1C(=O)CC(=O)NCCCc1ccccc1. The van der Waals surface area contributed by atoms with Crippen molar-refractivity contribution >= 4 is 18.1 Å². The molecule has 0 radical (unpaired) electrons. The fourth-order valence-corrected chi connectivity index (χ4v) is 2.71. The molecule has 1 atom stereocenters. The van der Waals surface area contributed by atoms with E-state index in [1.807, 2.05) is 18.2 Å². The van der Waals surface area contributed by atoms with Crippen molar-refractivity contribution in [2.75, 3.05) is 13.1 Å². The van der Waals surface area contributed by atoms with Gasteiger partial charge in [-0.3, -0.25) is 9.59 Å². The molecule has 1 saturated heterocycles. The van der Waals surface area contributed by atoms with E-state index in [0.29, 0.717) is 19.5 Å². The van der Waals surface area contributed by atoms with Crippen LogP contribution in [-0.2, 0) is 20.8 Å². The van der Waals surface area contributed by atoms with Gasteiger partial charge in [0.2, 0.25) is 11.8 Å². The van der Waals surface area contributed by atoms with Gasteiger partial charge in [-0.2, -0.15) is 0 Å². The van der Waals surface area contributed by atoms with E-state index in [4.69, 9.17) is 0 Å². The number of carbonyl (C=O) groups is 3. The van der Waals surface area contributed by atoms with Crippen molar-refractivity contribution in [3.05, 3.63) is 35.9 Å². The maximum absolute atomic E-state index is 12.0. The molecular formula is C17H22N2O3. The summed E-state index contributed by atoms with van der Waals surface area (Å²) in [7, 11) is 0. The first kappa shape index (κ1) is 16.2. The fraction of sp³-hybridized carbons (Fsp3) is 0.471. The summed E-state index contributed by atoms with van der Waals surface area (Å²) in [6.45, 7) is 1.13. The van der Waals surface area contributed by atoms with E-state index < -0.39 is 0 Å². The van der Waals surface area contributed by atoms with Gasteiger partial charge in [-0.05, 0) is 31.2 Å². The van der Waals surface area contributed by atoms with E-state index >= 15 is 0 Å². The van der Waals surface area contributed by atoms with Crippen LogP contribution >= 0.6 is 0 Å². The lowest BCUT2D eigenvalue weighted by Crippen LogP contribution is -2.39. The number of benzene rings is 1. The smallest absolute Gasteiger partial charge is 0.232 e. The van der Waals surface area contributed by atoms with Gasteiger partial charge in [-0.1, -0.05) is 30.3 Å². The van der Waals surface area contributed by atoms with Crippen molar-refractivity contribution in [1.82, 2.24) is 10.2 Å². The van der Waals surface area contributed by atoms with Gasteiger partial charge >= 0.3 is 0 Å². The molecule has 1 fully saturated rings. The number of carbonyl (C=O) groups excluding carboxylic acids is 3. The molecule has 1 aromatic rings. The van der Waals surface area contributed by atoms with E-state index in [2.05, 4.69) is 17.4 Å². The van der Waals surface area contributed by atoms with Crippen molar-refractivity contribution in [2.45, 2.75) is 38.1 Å². The lowest BCUT2D eigenvalue weighted by Gasteiger charge is -2.20. The predicted molar refractivity (Wildman–Crippen MR) is 83.2 cm³/mol. The van der Waals surface area contributed by atoms with E-state index in [9.17, 15) is 14.4 Å². The molecule has 2 rings (SSSR count). The lowest BCUT2D eigenvalue weighted by molar-refractivity contribution is -0.138. The van der Waals surface area contributed by atoms with Gasteiger partial charge in [0, 0.05) is 13.1 Å². The van der Waals surface area contributed by atoms with Crippen LogP contribution in [0.5, 0.6) is 0 Å². The third-order valence-corrected chi connectivity index (χ3v) is 3.90. The number of nitrogens with one attached hydrogen (secondary N) is 1. The topological polar surface area (TPSA) is 66.5 Å². The Morgan fingerprint density at radius 2 is 2.05 bits per heavy atom. The number of rotatable bonds is 7. The van der Waals surface area contributed by atoms with Crippen molar-refractivity contribution in [2.24, 2.45) is 0 Å². The van der Waals surface area contributed by atoms with E-state index in [1.54, 1.807) is 0 Å². The van der Waals surface area contributed by atoms with Crippen LogP contribution in [0.4, 0.5) is 0 Å². The van der Waals surface area contributed by atoms with E-state index in [1.165, 1.54) is 10.5 Å². The molecule has 0 saturated carbocycles. The highest BCUT2D eigenvalue weighted by molar-refractivity contribution is 5.97. The summed E-state index contributed by atoms with van der Waals surface area (Å²) >= 11 is 0. The second-order valence-corrected chi connectivity index (χ2v) is 5.55. The highest BCUT2D eigenvalue weighted by atomic mass is 16.2. The number of aryl methyl sites for hydroxylation is 1. The van der Waals surface area contributed by atoms with Gasteiger partial charge in [0.25, 0.3) is 0 Å². The van der Waals surface area contributed by atoms with Crippen LogP contribution in [0, 0.1) is 0 Å². The Hall–Kier alpha value is -2.17.